The summed E-state index contributed by atoms with van der Waals surface area (Å²) in [7, 11) is 0. The molecule has 0 radical (unpaired) electrons. The van der Waals surface area contributed by atoms with E-state index in [2.05, 4.69) is 60.2 Å². The average molecular weight is 839 g/mol. The number of nitrogens with zero attached hydrogens (tertiary/aromatic N) is 4. The number of ether oxygens (including phenoxy) is 2. The topological polar surface area (TPSA) is 203 Å². The smallest absolute Gasteiger partial charge is 0.405 e. The van der Waals surface area contributed by atoms with E-state index in [0.717, 1.165) is 108 Å². The monoisotopic (exact) mass is 838 g/mol. The van der Waals surface area contributed by atoms with Crippen LogP contribution >= 0.6 is 0 Å². The zero-order valence-corrected chi connectivity index (χ0v) is 35.2. The summed E-state index contributed by atoms with van der Waals surface area (Å²) in [6, 6.07) is 12.6. The van der Waals surface area contributed by atoms with Gasteiger partial charge in [-0.15, -0.1) is 0 Å². The van der Waals surface area contributed by atoms with Gasteiger partial charge in [0.25, 0.3) is 11.8 Å². The van der Waals surface area contributed by atoms with Crippen molar-refractivity contribution in [2.45, 2.75) is 114 Å². The third kappa shape index (κ3) is 6.41. The number of H-pyrrole nitrogens is 2. The first-order valence-corrected chi connectivity index (χ1v) is 22.8. The van der Waals surface area contributed by atoms with Gasteiger partial charge in [0.05, 0.1) is 35.9 Å². The van der Waals surface area contributed by atoms with Gasteiger partial charge < -0.3 is 40.7 Å². The van der Waals surface area contributed by atoms with E-state index >= 15 is 0 Å². The van der Waals surface area contributed by atoms with Crippen LogP contribution in [-0.2, 0) is 19.1 Å². The van der Waals surface area contributed by atoms with Crippen molar-refractivity contribution in [1.29, 1.82) is 0 Å². The van der Waals surface area contributed by atoms with Crippen LogP contribution in [-0.4, -0.2) is 78.0 Å². The largest absolute Gasteiger partial charge is 0.436 e. The molecule has 322 valence electrons. The summed E-state index contributed by atoms with van der Waals surface area (Å²) in [5.41, 5.74) is 19.3. The molecule has 14 heteroatoms. The quantitative estimate of drug-likeness (QED) is 0.123. The maximum absolute atomic E-state index is 14.2. The number of nitrogens with two attached hydrogens (primary N) is 2. The molecule has 62 heavy (non-hydrogen) atoms. The number of carbonyl (C=O) groups excluding carboxylic acids is 4. The van der Waals surface area contributed by atoms with Gasteiger partial charge in [0.15, 0.2) is 12.2 Å². The second kappa shape index (κ2) is 13.9. The van der Waals surface area contributed by atoms with E-state index in [4.69, 9.17) is 30.9 Å². The Morgan fingerprint density at radius 1 is 0.565 bits per heavy atom. The number of amides is 4. The van der Waals surface area contributed by atoms with Gasteiger partial charge in [-0.3, -0.25) is 9.59 Å². The Morgan fingerprint density at radius 2 is 1.00 bits per heavy atom. The number of piperidine rings is 2. The van der Waals surface area contributed by atoms with Crippen molar-refractivity contribution in [1.82, 2.24) is 29.7 Å². The number of imidazole rings is 2. The van der Waals surface area contributed by atoms with Crippen LogP contribution in [0.4, 0.5) is 9.59 Å². The van der Waals surface area contributed by atoms with E-state index < -0.39 is 24.4 Å². The van der Waals surface area contributed by atoms with E-state index in [9.17, 15) is 19.2 Å². The van der Waals surface area contributed by atoms with Gasteiger partial charge in [-0.2, -0.15) is 0 Å². The molecule has 14 nitrogen and oxygen atoms in total. The van der Waals surface area contributed by atoms with Gasteiger partial charge in [-0.25, -0.2) is 19.6 Å². The number of benzene rings is 2. The number of carbonyl (C=O) groups is 4. The van der Waals surface area contributed by atoms with Crippen LogP contribution in [0.25, 0.3) is 33.6 Å². The molecule has 4 heterocycles. The Balaban J connectivity index is 0.742. The highest BCUT2D eigenvalue weighted by atomic mass is 16.6. The molecule has 8 fully saturated rings. The highest BCUT2D eigenvalue weighted by Gasteiger charge is 2.60. The first kappa shape index (κ1) is 38.0. The molecule has 4 amide bonds. The third-order valence-electron chi connectivity index (χ3n) is 16.5. The molecule has 12 rings (SSSR count). The summed E-state index contributed by atoms with van der Waals surface area (Å²) < 4.78 is 11.1. The number of likely N-dealkylation sites (tertiary alicyclic amines) is 2. The van der Waals surface area contributed by atoms with Crippen molar-refractivity contribution in [3.05, 3.63) is 71.6 Å². The number of primary amides is 2. The second-order valence-corrected chi connectivity index (χ2v) is 20.2. The SMILES string of the molecule is Cc1c(-c2ccc(-c3cnc(C4CC5CC5N4C(=O)[C@H](OC(N)=O)C4C[C@H]5C[C@@H]5C4)[nH]3)cc2)ccc(-c2cnc(C3CC4CC4N3C(=O)[C@H](OC(N)=O)C3C[C@H]4C[C@@H]4C3)[nH]2)c1C. The van der Waals surface area contributed by atoms with E-state index in [1.807, 2.05) is 22.2 Å². The molecular formula is C48H54N8O6. The van der Waals surface area contributed by atoms with E-state index in [1.54, 1.807) is 0 Å². The number of hydrogen-bond donors (Lipinski definition) is 4. The van der Waals surface area contributed by atoms with Gasteiger partial charge in [-0.1, -0.05) is 36.4 Å². The molecule has 2 aromatic heterocycles. The summed E-state index contributed by atoms with van der Waals surface area (Å²) in [6.07, 6.45) is 9.99. The summed E-state index contributed by atoms with van der Waals surface area (Å²) in [5, 5.41) is 0. The molecule has 6 aliphatic carbocycles. The molecule has 0 spiro atoms. The van der Waals surface area contributed by atoms with Gasteiger partial charge in [0.2, 0.25) is 0 Å². The van der Waals surface area contributed by atoms with Crippen LogP contribution in [0.5, 0.6) is 0 Å². The number of fused-ring (bicyclic) bond motifs is 4. The van der Waals surface area contributed by atoms with Crippen molar-refractivity contribution in [2.24, 2.45) is 58.8 Å². The highest BCUT2D eigenvalue weighted by Crippen LogP contribution is 2.59. The van der Waals surface area contributed by atoms with Crippen LogP contribution in [0.15, 0.2) is 48.8 Å². The molecule has 2 aromatic carbocycles. The lowest BCUT2D eigenvalue weighted by atomic mass is 9.92. The van der Waals surface area contributed by atoms with Crippen LogP contribution < -0.4 is 11.5 Å². The first-order chi connectivity index (χ1) is 30.0. The number of aromatic nitrogens is 4. The van der Waals surface area contributed by atoms with Crippen molar-refractivity contribution in [3.8, 4) is 33.6 Å². The summed E-state index contributed by atoms with van der Waals surface area (Å²) in [4.78, 5) is 72.9. The first-order valence-electron chi connectivity index (χ1n) is 22.8. The molecule has 0 bridgehead atoms. The lowest BCUT2D eigenvalue weighted by Gasteiger charge is -2.32. The minimum Gasteiger partial charge on any atom is -0.436 e. The fourth-order valence-electron chi connectivity index (χ4n) is 12.8. The van der Waals surface area contributed by atoms with Gasteiger partial charge in [0.1, 0.15) is 11.6 Å². The van der Waals surface area contributed by atoms with Crippen molar-refractivity contribution < 1.29 is 28.7 Å². The fourth-order valence-corrected chi connectivity index (χ4v) is 12.8. The predicted molar refractivity (Wildman–Crippen MR) is 226 cm³/mol. The highest BCUT2D eigenvalue weighted by molar-refractivity contribution is 5.86. The minimum absolute atomic E-state index is 0.0257. The Labute approximate surface area is 359 Å². The standard InChI is InChI=1S/C48H54N8O6/c1-21-22(2)34(36-20-52-44(54-36)40-18-30-16-38(30)56(40)46(58)42(62-48(50)60)32-13-27-10-28(27)14-32)8-7-33(21)23-3-5-24(6-4-23)35-19-51-43(53-35)39-17-29-15-37(29)55(39)45(57)41(61-47(49)59)31-11-25-9-26(25)12-31/h3-8,19-20,25-32,37-42H,9-18H2,1-2H3,(H2,49,59)(H2,50,60)(H,51,53)(H,52,54)/t25-,26-,27-,28-,29?,30?,37?,38?,39?,40?,41-,42-/m1/s1. The van der Waals surface area contributed by atoms with Crippen molar-refractivity contribution >= 4 is 24.0 Å². The molecular weight excluding hydrogens is 785 g/mol. The summed E-state index contributed by atoms with van der Waals surface area (Å²) in [5.74, 6) is 4.78. The Morgan fingerprint density at radius 3 is 1.50 bits per heavy atom. The second-order valence-electron chi connectivity index (χ2n) is 20.2. The third-order valence-corrected chi connectivity index (χ3v) is 16.5. The minimum atomic E-state index is -0.888. The molecule has 6 saturated carbocycles. The number of nitrogens with one attached hydrogen (secondary N) is 2. The molecule has 6 N–H and O–H groups in total. The van der Waals surface area contributed by atoms with Gasteiger partial charge in [-0.05, 0) is 141 Å². The molecule has 8 aliphatic rings. The van der Waals surface area contributed by atoms with Crippen LogP contribution in [0.1, 0.15) is 99.1 Å². The molecule has 12 atom stereocenters. The van der Waals surface area contributed by atoms with Crippen molar-refractivity contribution in [3.63, 3.8) is 0 Å². The predicted octanol–water partition coefficient (Wildman–Crippen LogP) is 7.09. The average Bonchev–Trinajstić information content (AvgIpc) is 4.19. The van der Waals surface area contributed by atoms with E-state index in [-0.39, 0.29) is 47.8 Å². The Bertz CT molecular complexity index is 2490. The van der Waals surface area contributed by atoms with E-state index in [1.165, 1.54) is 12.8 Å². The fraction of sp³-hybridized carbons (Fsp3) is 0.542. The lowest BCUT2D eigenvalue weighted by Crippen LogP contribution is -2.46. The van der Waals surface area contributed by atoms with Crippen LogP contribution in [0.3, 0.4) is 0 Å². The molecule has 6 unspecified atom stereocenters. The zero-order chi connectivity index (χ0) is 42.3. The Hall–Kier alpha value is -5.66. The normalized spacial score (nSPS) is 32.1. The lowest BCUT2D eigenvalue weighted by molar-refractivity contribution is -0.146. The maximum atomic E-state index is 14.2. The summed E-state index contributed by atoms with van der Waals surface area (Å²) in [6.45, 7) is 4.28. The van der Waals surface area contributed by atoms with Crippen molar-refractivity contribution in [2.75, 3.05) is 0 Å². The number of aromatic amines is 2. The molecule has 2 saturated heterocycles. The maximum Gasteiger partial charge on any atom is 0.405 e. The van der Waals surface area contributed by atoms with E-state index in [0.29, 0.717) is 35.5 Å². The zero-order valence-electron chi connectivity index (χ0n) is 35.2. The molecule has 2 aliphatic heterocycles. The van der Waals surface area contributed by atoms with Crippen LogP contribution in [0.2, 0.25) is 0 Å². The van der Waals surface area contributed by atoms with Crippen LogP contribution in [0, 0.1) is 61.2 Å². The number of rotatable bonds is 11. The molecule has 4 aromatic rings. The van der Waals surface area contributed by atoms with Gasteiger partial charge in [0, 0.05) is 29.5 Å². The summed E-state index contributed by atoms with van der Waals surface area (Å²) >= 11 is 0. The Kier molecular flexibility index (Phi) is 8.54. The number of hydrogen-bond acceptors (Lipinski definition) is 8. The van der Waals surface area contributed by atoms with Gasteiger partial charge >= 0.3 is 12.2 Å².